The Morgan fingerprint density at radius 2 is 1.56 bits per heavy atom. The van der Waals surface area contributed by atoms with E-state index in [1.54, 1.807) is 12.1 Å². The van der Waals surface area contributed by atoms with Gasteiger partial charge in [-0.2, -0.15) is 0 Å². The molecule has 2 rings (SSSR count). The second-order valence-corrected chi connectivity index (χ2v) is 6.06. The average molecular weight is 388 g/mol. The van der Waals surface area contributed by atoms with Crippen LogP contribution in [0.4, 0.5) is 0 Å². The maximum atomic E-state index is 12.3. The minimum atomic E-state index is -0.660. The summed E-state index contributed by atoms with van der Waals surface area (Å²) >= 11 is 12.9. The Balaban J connectivity index is 2.31. The number of hydrogen-bond acceptors (Lipinski definition) is 1. The van der Waals surface area contributed by atoms with Crippen molar-refractivity contribution in [2.24, 2.45) is 0 Å². The van der Waals surface area contributed by atoms with Crippen molar-refractivity contribution in [3.8, 4) is 0 Å². The van der Waals surface area contributed by atoms with Crippen molar-refractivity contribution >= 4 is 49.2 Å². The average Bonchev–Trinajstić information content (AvgIpc) is 2.37. The van der Waals surface area contributed by atoms with Crippen LogP contribution in [0.1, 0.15) is 21.3 Å². The van der Waals surface area contributed by atoms with Crippen LogP contribution in [0.15, 0.2) is 57.5 Å². The highest BCUT2D eigenvalue weighted by molar-refractivity contribution is 9.11. The number of carbonyl (C=O) groups excluding carboxylic acids is 1. The molecular weight excluding hydrogens is 379 g/mol. The van der Waals surface area contributed by atoms with Crippen LogP contribution < -0.4 is 0 Å². The molecule has 0 bridgehead atoms. The molecule has 1 atom stereocenters. The summed E-state index contributed by atoms with van der Waals surface area (Å²) in [7, 11) is 0. The fourth-order valence-corrected chi connectivity index (χ4v) is 3.18. The van der Waals surface area contributed by atoms with Gasteiger partial charge in [0.15, 0.2) is 5.78 Å². The topological polar surface area (TPSA) is 17.1 Å². The monoisotopic (exact) mass is 386 g/mol. The van der Waals surface area contributed by atoms with Gasteiger partial charge in [0.25, 0.3) is 0 Å². The lowest BCUT2D eigenvalue weighted by Gasteiger charge is -2.09. The highest BCUT2D eigenvalue weighted by Crippen LogP contribution is 2.28. The minimum absolute atomic E-state index is 0.107. The maximum absolute atomic E-state index is 12.3. The van der Waals surface area contributed by atoms with E-state index in [9.17, 15) is 4.79 Å². The van der Waals surface area contributed by atoms with Gasteiger partial charge in [-0.15, -0.1) is 11.6 Å². The number of alkyl halides is 1. The summed E-state index contributed by atoms with van der Waals surface area (Å²) in [5.41, 5.74) is 1.39. The molecule has 0 saturated carbocycles. The summed E-state index contributed by atoms with van der Waals surface area (Å²) in [5, 5.41) is -0.660. The van der Waals surface area contributed by atoms with Gasteiger partial charge in [0, 0.05) is 14.5 Å². The molecule has 0 N–H and O–H groups in total. The summed E-state index contributed by atoms with van der Waals surface area (Å²) in [6.07, 6.45) is 0. The molecule has 0 saturated heterocycles. The zero-order valence-corrected chi connectivity index (χ0v) is 13.2. The van der Waals surface area contributed by atoms with Crippen LogP contribution in [0.3, 0.4) is 0 Å². The molecule has 0 aromatic heterocycles. The molecule has 0 radical (unpaired) electrons. The van der Waals surface area contributed by atoms with E-state index in [-0.39, 0.29) is 5.78 Å². The molecule has 0 spiro atoms. The Labute approximate surface area is 127 Å². The largest absolute Gasteiger partial charge is 0.292 e. The molecule has 92 valence electrons. The first-order valence-electron chi connectivity index (χ1n) is 5.27. The first-order chi connectivity index (χ1) is 8.58. The lowest BCUT2D eigenvalue weighted by atomic mass is 10.0. The van der Waals surface area contributed by atoms with E-state index in [2.05, 4.69) is 31.9 Å². The van der Waals surface area contributed by atoms with Crippen molar-refractivity contribution in [1.29, 1.82) is 0 Å². The van der Waals surface area contributed by atoms with Gasteiger partial charge < -0.3 is 0 Å². The van der Waals surface area contributed by atoms with Gasteiger partial charge in [-0.1, -0.05) is 62.2 Å². The number of hydrogen-bond donors (Lipinski definition) is 0. The van der Waals surface area contributed by atoms with E-state index in [1.807, 2.05) is 36.4 Å². The van der Waals surface area contributed by atoms with Gasteiger partial charge >= 0.3 is 0 Å². The summed E-state index contributed by atoms with van der Waals surface area (Å²) in [4.78, 5) is 12.3. The Morgan fingerprint density at radius 1 is 1.00 bits per heavy atom. The SMILES string of the molecule is O=C(c1cc(Br)cc(Br)c1)C(Cl)c1ccccc1. The molecule has 0 aliphatic heterocycles. The molecule has 0 aliphatic carbocycles. The van der Waals surface area contributed by atoms with Crippen molar-refractivity contribution in [3.63, 3.8) is 0 Å². The third-order valence-corrected chi connectivity index (χ3v) is 3.84. The van der Waals surface area contributed by atoms with E-state index in [4.69, 9.17) is 11.6 Å². The fraction of sp³-hybridized carbons (Fsp3) is 0.0714. The fourth-order valence-electron chi connectivity index (χ4n) is 1.62. The first kappa shape index (κ1) is 13.8. The zero-order chi connectivity index (χ0) is 13.1. The summed E-state index contributed by atoms with van der Waals surface area (Å²) in [6, 6.07) is 14.8. The van der Waals surface area contributed by atoms with E-state index in [0.29, 0.717) is 5.56 Å². The van der Waals surface area contributed by atoms with Crippen molar-refractivity contribution in [1.82, 2.24) is 0 Å². The highest BCUT2D eigenvalue weighted by atomic mass is 79.9. The second-order valence-electron chi connectivity index (χ2n) is 3.80. The Bertz CT molecular complexity index is 549. The number of Topliss-reactive ketones (excluding diaryl/α,β-unsaturated/α-hetero) is 1. The van der Waals surface area contributed by atoms with Crippen molar-refractivity contribution in [2.75, 3.05) is 0 Å². The number of carbonyl (C=O) groups is 1. The molecule has 0 aliphatic rings. The summed E-state index contributed by atoms with van der Waals surface area (Å²) < 4.78 is 1.69. The molecule has 1 nitrogen and oxygen atoms in total. The number of benzene rings is 2. The molecule has 2 aromatic carbocycles. The summed E-state index contributed by atoms with van der Waals surface area (Å²) in [6.45, 7) is 0. The smallest absolute Gasteiger partial charge is 0.185 e. The van der Waals surface area contributed by atoms with Crippen LogP contribution in [-0.4, -0.2) is 5.78 Å². The van der Waals surface area contributed by atoms with Gasteiger partial charge in [0.05, 0.1) is 0 Å². The molecule has 0 fully saturated rings. The van der Waals surface area contributed by atoms with E-state index < -0.39 is 5.38 Å². The lowest BCUT2D eigenvalue weighted by Crippen LogP contribution is -2.07. The minimum Gasteiger partial charge on any atom is -0.292 e. The van der Waals surface area contributed by atoms with Gasteiger partial charge in [0.2, 0.25) is 0 Å². The highest BCUT2D eigenvalue weighted by Gasteiger charge is 2.19. The molecule has 18 heavy (non-hydrogen) atoms. The van der Waals surface area contributed by atoms with Gasteiger partial charge in [-0.25, -0.2) is 0 Å². The molecule has 0 amide bonds. The predicted molar refractivity (Wildman–Crippen MR) is 81.2 cm³/mol. The van der Waals surface area contributed by atoms with Crippen molar-refractivity contribution < 1.29 is 4.79 Å². The second kappa shape index (κ2) is 6.00. The number of ketones is 1. The van der Waals surface area contributed by atoms with Gasteiger partial charge in [-0.05, 0) is 23.8 Å². The van der Waals surface area contributed by atoms with Crippen molar-refractivity contribution in [3.05, 3.63) is 68.6 Å². The van der Waals surface area contributed by atoms with Crippen LogP contribution in [0, 0.1) is 0 Å². The lowest BCUT2D eigenvalue weighted by molar-refractivity contribution is 0.0987. The molecule has 4 heteroatoms. The molecule has 2 aromatic rings. The predicted octanol–water partition coefficient (Wildman–Crippen LogP) is 5.37. The van der Waals surface area contributed by atoms with Crippen LogP contribution in [-0.2, 0) is 0 Å². The Hall–Kier alpha value is -0.640. The molecule has 1 unspecified atom stereocenters. The third-order valence-electron chi connectivity index (χ3n) is 2.47. The zero-order valence-electron chi connectivity index (χ0n) is 9.24. The van der Waals surface area contributed by atoms with Crippen LogP contribution in [0.2, 0.25) is 0 Å². The normalized spacial score (nSPS) is 12.2. The van der Waals surface area contributed by atoms with Crippen molar-refractivity contribution in [2.45, 2.75) is 5.38 Å². The standard InChI is InChI=1S/C14H9Br2ClO/c15-11-6-10(7-12(16)8-11)14(18)13(17)9-4-2-1-3-5-9/h1-8,13H. The Morgan fingerprint density at radius 3 is 2.11 bits per heavy atom. The van der Waals surface area contributed by atoms with Crippen LogP contribution in [0.5, 0.6) is 0 Å². The quantitative estimate of drug-likeness (QED) is 0.510. The van der Waals surface area contributed by atoms with E-state index in [1.165, 1.54) is 0 Å². The number of halogens is 3. The Kier molecular flexibility index (Phi) is 4.60. The van der Waals surface area contributed by atoms with Gasteiger partial charge in [0.1, 0.15) is 5.38 Å². The van der Waals surface area contributed by atoms with Gasteiger partial charge in [-0.3, -0.25) is 4.79 Å². The maximum Gasteiger partial charge on any atom is 0.185 e. The molecular formula is C14H9Br2ClO. The molecule has 0 heterocycles. The first-order valence-corrected chi connectivity index (χ1v) is 7.29. The van der Waals surface area contributed by atoms with Crippen LogP contribution in [0.25, 0.3) is 0 Å². The van der Waals surface area contributed by atoms with E-state index >= 15 is 0 Å². The van der Waals surface area contributed by atoms with E-state index in [0.717, 1.165) is 14.5 Å². The third kappa shape index (κ3) is 3.22. The summed E-state index contributed by atoms with van der Waals surface area (Å²) in [5.74, 6) is -0.107. The van der Waals surface area contributed by atoms with Crippen LogP contribution >= 0.6 is 43.5 Å². The number of rotatable bonds is 3.